The van der Waals surface area contributed by atoms with Crippen LogP contribution >= 0.6 is 43.2 Å². The van der Waals surface area contributed by atoms with Crippen LogP contribution in [0, 0.1) is 10.1 Å². The van der Waals surface area contributed by atoms with Gasteiger partial charge in [-0.25, -0.2) is 4.99 Å². The van der Waals surface area contributed by atoms with Gasteiger partial charge in [0.2, 0.25) is 0 Å². The molecule has 2 heterocycles. The van der Waals surface area contributed by atoms with Crippen molar-refractivity contribution in [2.45, 2.75) is 25.5 Å². The maximum absolute atomic E-state index is 14.4. The fourth-order valence-electron chi connectivity index (χ4n) is 6.20. The molecule has 0 spiro atoms. The molecular formula is C36H27Br2N3O6S. The van der Waals surface area contributed by atoms with Gasteiger partial charge in [-0.3, -0.25) is 19.5 Å². The third-order valence-electron chi connectivity index (χ3n) is 8.45. The number of nitrogens with zero attached hydrogens (tertiary/aromatic N) is 3. The summed E-state index contributed by atoms with van der Waals surface area (Å²) in [6.07, 6.45) is 3.44. The molecule has 1 aromatic heterocycles. The Labute approximate surface area is 295 Å². The zero-order valence-corrected chi connectivity index (χ0v) is 29.7. The quantitative estimate of drug-likeness (QED) is 0.120. The highest BCUT2D eigenvalue weighted by molar-refractivity contribution is 9.11. The van der Waals surface area contributed by atoms with Gasteiger partial charge in [-0.1, -0.05) is 57.6 Å². The van der Waals surface area contributed by atoms with Crippen molar-refractivity contribution in [1.82, 2.24) is 4.57 Å². The van der Waals surface area contributed by atoms with E-state index < -0.39 is 11.0 Å². The number of ether oxygens (including phenoxy) is 3. The van der Waals surface area contributed by atoms with Crippen molar-refractivity contribution in [2.24, 2.45) is 4.99 Å². The number of hydrogen-bond acceptors (Lipinski definition) is 8. The van der Waals surface area contributed by atoms with E-state index >= 15 is 0 Å². The van der Waals surface area contributed by atoms with Crippen LogP contribution in [0.15, 0.2) is 103 Å². The number of benzene rings is 4. The minimum Gasteiger partial charge on any atom is -0.493 e. The van der Waals surface area contributed by atoms with Crippen molar-refractivity contribution in [3.8, 4) is 17.2 Å². The van der Waals surface area contributed by atoms with Crippen LogP contribution in [0.25, 0.3) is 11.8 Å². The molecule has 0 bridgehead atoms. The Hall–Kier alpha value is -4.52. The van der Waals surface area contributed by atoms with E-state index in [2.05, 4.69) is 44.0 Å². The first-order valence-corrected chi connectivity index (χ1v) is 17.4. The first-order chi connectivity index (χ1) is 23.2. The molecule has 12 heteroatoms. The first-order valence-electron chi connectivity index (χ1n) is 15.0. The van der Waals surface area contributed by atoms with E-state index in [0.717, 1.165) is 45.3 Å². The average molecular weight is 790 g/mol. The van der Waals surface area contributed by atoms with Gasteiger partial charge in [0, 0.05) is 27.7 Å². The highest BCUT2D eigenvalue weighted by Gasteiger charge is 2.33. The molecule has 2 aliphatic rings. The number of methoxy groups -OCH3 is 2. The second kappa shape index (κ2) is 13.2. The van der Waals surface area contributed by atoms with Crippen molar-refractivity contribution < 1.29 is 19.1 Å². The van der Waals surface area contributed by atoms with Crippen LogP contribution in [0.1, 0.15) is 40.3 Å². The molecule has 5 aromatic rings. The molecule has 4 aromatic carbocycles. The number of rotatable bonds is 8. The van der Waals surface area contributed by atoms with Crippen molar-refractivity contribution in [1.29, 1.82) is 0 Å². The predicted octanol–water partition coefficient (Wildman–Crippen LogP) is 7.35. The number of nitro benzene ring substituents is 1. The summed E-state index contributed by atoms with van der Waals surface area (Å²) < 4.78 is 21.2. The Morgan fingerprint density at radius 2 is 1.77 bits per heavy atom. The van der Waals surface area contributed by atoms with Gasteiger partial charge in [-0.15, -0.1) is 0 Å². The standard InChI is InChI=1S/C36H27Br2N3O6S/c1-45-29-14-10-22(16-30(29)46-2)33-27-13-9-21-5-3-4-6-26(21)32(27)39-36-40(33)35(42)31(48-36)17-23-15-24(37)18-28(38)34(23)47-19-20-7-11-25(12-8-20)41(43)44/h3-8,10-12,14-18,33H,9,13,19H2,1-2H3/b31-17+/t33-/m1/s1. The molecule has 7 rings (SSSR count). The molecule has 0 saturated heterocycles. The van der Waals surface area contributed by atoms with Gasteiger partial charge in [-0.2, -0.15) is 0 Å². The summed E-state index contributed by atoms with van der Waals surface area (Å²) in [4.78, 5) is 30.8. The zero-order valence-electron chi connectivity index (χ0n) is 25.7. The summed E-state index contributed by atoms with van der Waals surface area (Å²) >= 11 is 8.53. The minimum atomic E-state index is -0.436. The summed E-state index contributed by atoms with van der Waals surface area (Å²) in [6.45, 7) is 0.172. The van der Waals surface area contributed by atoms with E-state index in [4.69, 9.17) is 19.2 Å². The Morgan fingerprint density at radius 3 is 2.52 bits per heavy atom. The molecule has 1 atom stereocenters. The van der Waals surface area contributed by atoms with Crippen molar-refractivity contribution in [3.05, 3.63) is 151 Å². The van der Waals surface area contributed by atoms with Crippen molar-refractivity contribution in [3.63, 3.8) is 0 Å². The van der Waals surface area contributed by atoms with Gasteiger partial charge in [0.05, 0.1) is 39.9 Å². The molecular weight excluding hydrogens is 762 g/mol. The lowest BCUT2D eigenvalue weighted by Crippen LogP contribution is -2.38. The first kappa shape index (κ1) is 32.0. The molecule has 1 aliphatic heterocycles. The fraction of sp³-hybridized carbons (Fsp3) is 0.167. The summed E-state index contributed by atoms with van der Waals surface area (Å²) in [5.41, 5.74) is 6.50. The molecule has 1 aliphatic carbocycles. The second-order valence-corrected chi connectivity index (χ2v) is 14.0. The second-order valence-electron chi connectivity index (χ2n) is 11.2. The largest absolute Gasteiger partial charge is 0.493 e. The number of hydrogen-bond donors (Lipinski definition) is 0. The Balaban J connectivity index is 1.37. The predicted molar refractivity (Wildman–Crippen MR) is 192 cm³/mol. The van der Waals surface area contributed by atoms with E-state index in [9.17, 15) is 14.9 Å². The normalized spacial score (nSPS) is 15.2. The van der Waals surface area contributed by atoms with Gasteiger partial charge < -0.3 is 14.2 Å². The lowest BCUT2D eigenvalue weighted by Gasteiger charge is -2.31. The van der Waals surface area contributed by atoms with Crippen LogP contribution in [-0.4, -0.2) is 23.7 Å². The zero-order chi connectivity index (χ0) is 33.5. The number of nitro groups is 1. The van der Waals surface area contributed by atoms with Crippen LogP contribution in [-0.2, 0) is 13.0 Å². The van der Waals surface area contributed by atoms with Gasteiger partial charge in [0.15, 0.2) is 16.3 Å². The van der Waals surface area contributed by atoms with Crippen LogP contribution in [0.3, 0.4) is 0 Å². The molecule has 0 saturated carbocycles. The van der Waals surface area contributed by atoms with Gasteiger partial charge >= 0.3 is 0 Å². The van der Waals surface area contributed by atoms with Crippen molar-refractivity contribution in [2.75, 3.05) is 14.2 Å². The molecule has 0 amide bonds. The summed E-state index contributed by atoms with van der Waals surface area (Å²) in [5.74, 6) is 1.73. The van der Waals surface area contributed by atoms with Gasteiger partial charge in [0.1, 0.15) is 12.4 Å². The Bertz CT molecular complexity index is 2310. The number of fused-ring (bicyclic) bond motifs is 3. The van der Waals surface area contributed by atoms with Crippen LogP contribution < -0.4 is 29.1 Å². The number of aryl methyl sites for hydroxylation is 1. The van der Waals surface area contributed by atoms with Gasteiger partial charge in [-0.05, 0) is 93.5 Å². The summed E-state index contributed by atoms with van der Waals surface area (Å²) in [7, 11) is 3.20. The third-order valence-corrected chi connectivity index (χ3v) is 10.5. The lowest BCUT2D eigenvalue weighted by atomic mass is 9.83. The lowest BCUT2D eigenvalue weighted by molar-refractivity contribution is -0.384. The molecule has 0 unspecified atom stereocenters. The molecule has 242 valence electrons. The van der Waals surface area contributed by atoms with Crippen LogP contribution in [0.4, 0.5) is 5.69 Å². The van der Waals surface area contributed by atoms with E-state index in [1.54, 1.807) is 30.9 Å². The topological polar surface area (TPSA) is 105 Å². The Kier molecular flexibility index (Phi) is 8.80. The fourth-order valence-corrected chi connectivity index (χ4v) is 8.56. The maximum Gasteiger partial charge on any atom is 0.271 e. The van der Waals surface area contributed by atoms with E-state index in [-0.39, 0.29) is 17.9 Å². The minimum absolute atomic E-state index is 0.0104. The maximum atomic E-state index is 14.4. The SMILES string of the molecule is COc1ccc([C@@H]2C3=C(N=c4s/c(=C/c5cc(Br)cc(Br)c5OCc5ccc([N+](=O)[O-])cc5)c(=O)n42)c2ccccc2CC3)cc1OC. The monoisotopic (exact) mass is 787 g/mol. The van der Waals surface area contributed by atoms with Gasteiger partial charge in [0.25, 0.3) is 11.2 Å². The van der Waals surface area contributed by atoms with Crippen molar-refractivity contribution >= 4 is 60.7 Å². The highest BCUT2D eigenvalue weighted by Crippen LogP contribution is 2.43. The molecule has 48 heavy (non-hydrogen) atoms. The molecule has 0 radical (unpaired) electrons. The third kappa shape index (κ3) is 5.88. The highest BCUT2D eigenvalue weighted by atomic mass is 79.9. The van der Waals surface area contributed by atoms with Crippen LogP contribution in [0.2, 0.25) is 0 Å². The summed E-state index contributed by atoms with van der Waals surface area (Å²) in [5, 5.41) is 11.1. The number of allylic oxidation sites excluding steroid dienone is 1. The average Bonchev–Trinajstić information content (AvgIpc) is 3.40. The summed E-state index contributed by atoms with van der Waals surface area (Å²) in [6, 6.07) is 23.7. The van der Waals surface area contributed by atoms with Crippen LogP contribution in [0.5, 0.6) is 17.2 Å². The van der Waals surface area contributed by atoms with E-state index in [1.807, 2.05) is 48.5 Å². The smallest absolute Gasteiger partial charge is 0.271 e. The number of halogens is 2. The van der Waals surface area contributed by atoms with E-state index in [0.29, 0.717) is 36.6 Å². The Morgan fingerprint density at radius 1 is 1.00 bits per heavy atom. The molecule has 0 N–H and O–H groups in total. The van der Waals surface area contributed by atoms with E-state index in [1.165, 1.54) is 29.0 Å². The number of thiazole rings is 1. The molecule has 0 fully saturated rings. The number of aromatic nitrogens is 1. The molecule has 9 nitrogen and oxygen atoms in total. The number of non-ortho nitro benzene ring substituents is 1.